The molecule has 1 N–H and O–H groups in total. The lowest BCUT2D eigenvalue weighted by molar-refractivity contribution is -0.133. The monoisotopic (exact) mass is 436 g/mol. The summed E-state index contributed by atoms with van der Waals surface area (Å²) >= 11 is 0. The number of nitrogens with one attached hydrogen (secondary N) is 1. The molecular formula is C24H19F3N4O. The Hall–Kier alpha value is -3.65. The third kappa shape index (κ3) is 3.97. The van der Waals surface area contributed by atoms with Crippen LogP contribution in [0.4, 0.5) is 24.8 Å². The molecule has 0 amide bonds. The van der Waals surface area contributed by atoms with Crippen molar-refractivity contribution in [3.63, 3.8) is 0 Å². The third-order valence-electron chi connectivity index (χ3n) is 5.37. The van der Waals surface area contributed by atoms with Gasteiger partial charge in [0.1, 0.15) is 5.82 Å². The molecule has 4 aromatic rings. The molecule has 1 aliphatic heterocycles. The summed E-state index contributed by atoms with van der Waals surface area (Å²) in [5, 5.41) is 3.35. The number of rotatable bonds is 5. The van der Waals surface area contributed by atoms with Crippen LogP contribution >= 0.6 is 0 Å². The summed E-state index contributed by atoms with van der Waals surface area (Å²) in [4.78, 5) is 19.4. The van der Waals surface area contributed by atoms with Crippen LogP contribution in [0.25, 0.3) is 16.6 Å². The maximum Gasteiger partial charge on any atom is 0.272 e. The second-order valence-corrected chi connectivity index (χ2v) is 7.90. The number of nitrogens with zero attached hydrogens (tertiary/aromatic N) is 3. The van der Waals surface area contributed by atoms with Gasteiger partial charge in [-0.25, -0.2) is 22.7 Å². The minimum atomic E-state index is -2.59. The fraction of sp³-hybridized carbons (Fsp3) is 0.167. The average Bonchev–Trinajstić information content (AvgIpc) is 2.75. The molecule has 0 aliphatic carbocycles. The highest BCUT2D eigenvalue weighted by atomic mass is 19.3. The Balaban J connectivity index is 1.48. The number of fused-ring (bicyclic) bond motifs is 1. The van der Waals surface area contributed by atoms with Crippen molar-refractivity contribution < 1.29 is 13.2 Å². The Bertz CT molecular complexity index is 1330. The SMILES string of the molecule is O=c1c2cc(F)ccc2nc(Nc2ccc(CN3CC(F)(F)C3)cc2)n1-c1ccccc1. The molecule has 1 fully saturated rings. The van der Waals surface area contributed by atoms with Crippen LogP contribution in [0.2, 0.25) is 0 Å². The molecule has 1 saturated heterocycles. The van der Waals surface area contributed by atoms with Crippen molar-refractivity contribution in [2.75, 3.05) is 18.4 Å². The van der Waals surface area contributed by atoms with Crippen LogP contribution in [0.15, 0.2) is 77.6 Å². The summed E-state index contributed by atoms with van der Waals surface area (Å²) < 4.78 is 41.2. The first-order valence-corrected chi connectivity index (χ1v) is 10.1. The van der Waals surface area contributed by atoms with E-state index in [1.54, 1.807) is 29.2 Å². The first kappa shape index (κ1) is 20.3. The van der Waals surface area contributed by atoms with Gasteiger partial charge >= 0.3 is 0 Å². The first-order chi connectivity index (χ1) is 15.4. The largest absolute Gasteiger partial charge is 0.325 e. The summed E-state index contributed by atoms with van der Waals surface area (Å²) in [7, 11) is 0. The molecule has 0 atom stereocenters. The van der Waals surface area contributed by atoms with Crippen molar-refractivity contribution in [1.29, 1.82) is 0 Å². The van der Waals surface area contributed by atoms with Crippen molar-refractivity contribution in [3.8, 4) is 5.69 Å². The van der Waals surface area contributed by atoms with Crippen LogP contribution in [0.1, 0.15) is 5.56 Å². The quantitative estimate of drug-likeness (QED) is 0.492. The van der Waals surface area contributed by atoms with Gasteiger partial charge < -0.3 is 5.32 Å². The molecule has 0 unspecified atom stereocenters. The van der Waals surface area contributed by atoms with Crippen LogP contribution in [-0.4, -0.2) is 33.5 Å². The predicted molar refractivity (Wildman–Crippen MR) is 117 cm³/mol. The van der Waals surface area contributed by atoms with E-state index in [1.807, 2.05) is 30.3 Å². The highest BCUT2D eigenvalue weighted by Crippen LogP contribution is 2.28. The molecule has 0 saturated carbocycles. The smallest absolute Gasteiger partial charge is 0.272 e. The molecule has 0 radical (unpaired) electrons. The lowest BCUT2D eigenvalue weighted by atomic mass is 10.1. The topological polar surface area (TPSA) is 50.2 Å². The Labute approximate surface area is 181 Å². The zero-order valence-electron chi connectivity index (χ0n) is 16.9. The molecular weight excluding hydrogens is 417 g/mol. The standard InChI is InChI=1S/C24H19F3N4O/c25-17-8-11-21-20(12-17)22(32)31(19-4-2-1-3-5-19)23(29-21)28-18-9-6-16(7-10-18)13-30-14-24(26,27)15-30/h1-12H,13-15H2,(H,28,29). The molecule has 1 aromatic heterocycles. The molecule has 5 rings (SSSR count). The summed E-state index contributed by atoms with van der Waals surface area (Å²) in [6.07, 6.45) is 0. The molecule has 0 spiro atoms. The number of hydrogen-bond acceptors (Lipinski definition) is 4. The van der Waals surface area contributed by atoms with Gasteiger partial charge in [0.2, 0.25) is 5.95 Å². The number of benzene rings is 3. The van der Waals surface area contributed by atoms with Crippen molar-refractivity contribution in [2.45, 2.75) is 12.5 Å². The van der Waals surface area contributed by atoms with E-state index in [1.165, 1.54) is 22.8 Å². The number of anilines is 2. The number of halogens is 3. The van der Waals surface area contributed by atoms with Gasteiger partial charge in [-0.05, 0) is 48.0 Å². The molecule has 2 heterocycles. The molecule has 0 bridgehead atoms. The lowest BCUT2D eigenvalue weighted by Crippen LogP contribution is -2.55. The van der Waals surface area contributed by atoms with Crippen LogP contribution in [0, 0.1) is 5.82 Å². The van der Waals surface area contributed by atoms with Crippen LogP contribution < -0.4 is 10.9 Å². The van der Waals surface area contributed by atoms with Crippen molar-refractivity contribution in [2.24, 2.45) is 0 Å². The van der Waals surface area contributed by atoms with Crippen molar-refractivity contribution in [1.82, 2.24) is 14.5 Å². The molecule has 1 aliphatic rings. The Morgan fingerprint density at radius 3 is 2.38 bits per heavy atom. The number of alkyl halides is 2. The summed E-state index contributed by atoms with van der Waals surface area (Å²) in [6, 6.07) is 20.2. The van der Waals surface area contributed by atoms with E-state index in [9.17, 15) is 18.0 Å². The van der Waals surface area contributed by atoms with Crippen molar-refractivity contribution >= 4 is 22.5 Å². The van der Waals surface area contributed by atoms with E-state index in [0.717, 1.165) is 5.56 Å². The molecule has 32 heavy (non-hydrogen) atoms. The van der Waals surface area contributed by atoms with Crippen LogP contribution in [0.5, 0.6) is 0 Å². The molecule has 162 valence electrons. The predicted octanol–water partition coefficient (Wildman–Crippen LogP) is 4.72. The van der Waals surface area contributed by atoms with Gasteiger partial charge in [0.05, 0.1) is 29.7 Å². The van der Waals surface area contributed by atoms with Crippen LogP contribution in [0.3, 0.4) is 0 Å². The number of aromatic nitrogens is 2. The van der Waals surface area contributed by atoms with Gasteiger partial charge in [0.15, 0.2) is 0 Å². The number of para-hydroxylation sites is 1. The van der Waals surface area contributed by atoms with E-state index in [-0.39, 0.29) is 24.4 Å². The zero-order valence-corrected chi connectivity index (χ0v) is 16.9. The maximum absolute atomic E-state index is 13.8. The van der Waals surface area contributed by atoms with E-state index in [4.69, 9.17) is 0 Å². The van der Waals surface area contributed by atoms with E-state index < -0.39 is 17.3 Å². The van der Waals surface area contributed by atoms with Crippen molar-refractivity contribution in [3.05, 3.63) is 94.5 Å². The summed E-state index contributed by atoms with van der Waals surface area (Å²) in [5.74, 6) is -2.81. The van der Waals surface area contributed by atoms with Gasteiger partial charge in [-0.15, -0.1) is 0 Å². The number of likely N-dealkylation sites (tertiary alicyclic amines) is 1. The summed E-state index contributed by atoms with van der Waals surface area (Å²) in [6.45, 7) is 0.000295. The third-order valence-corrected chi connectivity index (χ3v) is 5.37. The van der Waals surface area contributed by atoms with E-state index in [0.29, 0.717) is 23.4 Å². The molecule has 8 heteroatoms. The van der Waals surface area contributed by atoms with E-state index in [2.05, 4.69) is 10.3 Å². The van der Waals surface area contributed by atoms with Gasteiger partial charge in [-0.2, -0.15) is 0 Å². The first-order valence-electron chi connectivity index (χ1n) is 10.1. The highest BCUT2D eigenvalue weighted by molar-refractivity contribution is 5.80. The van der Waals surface area contributed by atoms with E-state index >= 15 is 0 Å². The normalized spacial score (nSPS) is 15.5. The second-order valence-electron chi connectivity index (χ2n) is 7.90. The zero-order chi connectivity index (χ0) is 22.3. The Morgan fingerprint density at radius 1 is 0.969 bits per heavy atom. The molecule has 5 nitrogen and oxygen atoms in total. The highest BCUT2D eigenvalue weighted by Gasteiger charge is 2.43. The van der Waals surface area contributed by atoms with Gasteiger partial charge in [0.25, 0.3) is 11.5 Å². The maximum atomic E-state index is 13.8. The average molecular weight is 436 g/mol. The summed E-state index contributed by atoms with van der Waals surface area (Å²) in [5.41, 5.74) is 2.17. The molecule has 3 aromatic carbocycles. The van der Waals surface area contributed by atoms with Gasteiger partial charge in [0, 0.05) is 12.2 Å². The van der Waals surface area contributed by atoms with Gasteiger partial charge in [-0.1, -0.05) is 30.3 Å². The Morgan fingerprint density at radius 2 is 1.69 bits per heavy atom. The fourth-order valence-electron chi connectivity index (χ4n) is 3.86. The minimum absolute atomic E-state index is 0.182. The van der Waals surface area contributed by atoms with Gasteiger partial charge in [-0.3, -0.25) is 9.69 Å². The number of hydrogen-bond donors (Lipinski definition) is 1. The van der Waals surface area contributed by atoms with Crippen LogP contribution in [-0.2, 0) is 6.54 Å². The minimum Gasteiger partial charge on any atom is -0.325 e. The second kappa shape index (κ2) is 7.80. The Kier molecular flexibility index (Phi) is 4.94. The fourth-order valence-corrected chi connectivity index (χ4v) is 3.86. The lowest BCUT2D eigenvalue weighted by Gasteiger charge is -2.38.